The van der Waals surface area contributed by atoms with Crippen LogP contribution in [0.15, 0.2) is 30.6 Å². The van der Waals surface area contributed by atoms with Crippen molar-refractivity contribution in [1.82, 2.24) is 9.97 Å². The number of aromatic nitrogens is 2. The summed E-state index contributed by atoms with van der Waals surface area (Å²) in [6.45, 7) is 5.08. The molecule has 1 aromatic heterocycles. The number of hydrogen-bond donors (Lipinski definition) is 1. The van der Waals surface area contributed by atoms with Gasteiger partial charge in [0.15, 0.2) is 0 Å². The van der Waals surface area contributed by atoms with Crippen molar-refractivity contribution in [1.29, 1.82) is 0 Å². The van der Waals surface area contributed by atoms with Gasteiger partial charge in [-0.1, -0.05) is 26.0 Å². The first-order valence-electron chi connectivity index (χ1n) is 6.24. The Labute approximate surface area is 113 Å². The average Bonchev–Trinajstić information content (AvgIpc) is 2.35. The number of hydrogen-bond acceptors (Lipinski definition) is 3. The second kappa shape index (κ2) is 6.01. The number of halogens is 1. The van der Waals surface area contributed by atoms with Crippen LogP contribution in [0.3, 0.4) is 0 Å². The summed E-state index contributed by atoms with van der Waals surface area (Å²) in [5, 5.41) is 4.47. The van der Waals surface area contributed by atoms with Crippen molar-refractivity contribution >= 4 is 28.3 Å². The zero-order valence-corrected chi connectivity index (χ0v) is 11.5. The molecule has 18 heavy (non-hydrogen) atoms. The van der Waals surface area contributed by atoms with Crippen LogP contribution in [-0.4, -0.2) is 21.9 Å². The number of anilines is 1. The average molecular weight is 264 g/mol. The predicted molar refractivity (Wildman–Crippen MR) is 77.1 cm³/mol. The number of fused-ring (bicyclic) bond motifs is 1. The van der Waals surface area contributed by atoms with E-state index in [1.165, 1.54) is 0 Å². The van der Waals surface area contributed by atoms with Gasteiger partial charge in [-0.05, 0) is 24.5 Å². The lowest BCUT2D eigenvalue weighted by molar-refractivity contribution is 0.572. The second-order valence-electron chi connectivity index (χ2n) is 4.85. The molecular weight excluding hydrogens is 246 g/mol. The van der Waals surface area contributed by atoms with E-state index >= 15 is 0 Å². The molecule has 0 amide bonds. The zero-order chi connectivity index (χ0) is 13.0. The molecule has 1 N–H and O–H groups in total. The van der Waals surface area contributed by atoms with E-state index in [1.807, 2.05) is 24.3 Å². The van der Waals surface area contributed by atoms with Crippen molar-refractivity contribution in [3.05, 3.63) is 30.6 Å². The first-order chi connectivity index (χ1) is 8.66. The Morgan fingerprint density at radius 1 is 1.22 bits per heavy atom. The highest BCUT2D eigenvalue weighted by atomic mass is 35.5. The summed E-state index contributed by atoms with van der Waals surface area (Å²) in [5.41, 5.74) is 0.949. The number of nitrogens with one attached hydrogen (secondary N) is 1. The van der Waals surface area contributed by atoms with Gasteiger partial charge in [-0.2, -0.15) is 0 Å². The number of benzene rings is 1. The molecule has 0 radical (unpaired) electrons. The molecule has 0 aliphatic rings. The highest BCUT2D eigenvalue weighted by molar-refractivity contribution is 6.20. The van der Waals surface area contributed by atoms with Crippen molar-refractivity contribution in [2.75, 3.05) is 11.9 Å². The fourth-order valence-electron chi connectivity index (χ4n) is 1.95. The van der Waals surface area contributed by atoms with Gasteiger partial charge in [-0.3, -0.25) is 0 Å². The molecular formula is C14H18ClN3. The number of rotatable bonds is 5. The molecule has 2 aromatic rings. The Morgan fingerprint density at radius 3 is 2.78 bits per heavy atom. The van der Waals surface area contributed by atoms with Crippen LogP contribution in [0.25, 0.3) is 10.9 Å². The summed E-state index contributed by atoms with van der Waals surface area (Å²) in [6, 6.07) is 7.96. The van der Waals surface area contributed by atoms with Gasteiger partial charge in [-0.15, -0.1) is 11.6 Å². The molecule has 3 nitrogen and oxygen atoms in total. The van der Waals surface area contributed by atoms with E-state index in [9.17, 15) is 0 Å². The number of nitrogens with zero attached hydrogens (tertiary/aromatic N) is 2. The summed E-state index contributed by atoms with van der Waals surface area (Å²) >= 11 is 6.27. The van der Waals surface area contributed by atoms with E-state index in [2.05, 4.69) is 29.1 Å². The minimum atomic E-state index is 0.124. The first-order valence-corrected chi connectivity index (χ1v) is 6.68. The molecule has 0 bridgehead atoms. The highest BCUT2D eigenvalue weighted by Gasteiger charge is 2.08. The van der Waals surface area contributed by atoms with Crippen LogP contribution in [0.4, 0.5) is 5.82 Å². The SMILES string of the molecule is CC(C)CC(Cl)CNc1ncnc2ccccc12. The topological polar surface area (TPSA) is 37.8 Å². The smallest absolute Gasteiger partial charge is 0.137 e. The Hall–Kier alpha value is -1.35. The predicted octanol–water partition coefficient (Wildman–Crippen LogP) is 3.70. The van der Waals surface area contributed by atoms with E-state index < -0.39 is 0 Å². The molecule has 1 atom stereocenters. The van der Waals surface area contributed by atoms with E-state index in [0.29, 0.717) is 5.92 Å². The van der Waals surface area contributed by atoms with Crippen molar-refractivity contribution in [2.24, 2.45) is 5.92 Å². The van der Waals surface area contributed by atoms with Crippen LogP contribution < -0.4 is 5.32 Å². The first kappa shape index (κ1) is 13.1. The fourth-order valence-corrected chi connectivity index (χ4v) is 2.38. The fraction of sp³-hybridized carbons (Fsp3) is 0.429. The van der Waals surface area contributed by atoms with Crippen molar-refractivity contribution in [3.8, 4) is 0 Å². The largest absolute Gasteiger partial charge is 0.368 e. The summed E-state index contributed by atoms with van der Waals surface area (Å²) in [7, 11) is 0. The van der Waals surface area contributed by atoms with Crippen molar-refractivity contribution in [2.45, 2.75) is 25.6 Å². The molecule has 96 valence electrons. The number of alkyl halides is 1. The summed E-state index contributed by atoms with van der Waals surface area (Å²) in [5.74, 6) is 1.46. The maximum absolute atomic E-state index is 6.27. The summed E-state index contributed by atoms with van der Waals surface area (Å²) in [6.07, 6.45) is 2.58. The standard InChI is InChI=1S/C14H18ClN3/c1-10(2)7-11(15)8-16-14-12-5-3-4-6-13(12)17-9-18-14/h3-6,9-11H,7-8H2,1-2H3,(H,16,17,18). The lowest BCUT2D eigenvalue weighted by Crippen LogP contribution is -2.17. The zero-order valence-electron chi connectivity index (χ0n) is 10.7. The summed E-state index contributed by atoms with van der Waals surface area (Å²) < 4.78 is 0. The summed E-state index contributed by atoms with van der Waals surface area (Å²) in [4.78, 5) is 8.51. The van der Waals surface area contributed by atoms with E-state index in [-0.39, 0.29) is 5.38 Å². The molecule has 0 spiro atoms. The maximum Gasteiger partial charge on any atom is 0.137 e. The van der Waals surface area contributed by atoms with Gasteiger partial charge in [0.25, 0.3) is 0 Å². The monoisotopic (exact) mass is 263 g/mol. The van der Waals surface area contributed by atoms with Gasteiger partial charge in [0.2, 0.25) is 0 Å². The molecule has 0 fully saturated rings. The van der Waals surface area contributed by atoms with Gasteiger partial charge in [0.05, 0.1) is 10.9 Å². The maximum atomic E-state index is 6.27. The van der Waals surface area contributed by atoms with Crippen LogP contribution >= 0.6 is 11.6 Å². The van der Waals surface area contributed by atoms with Crippen LogP contribution in [0.1, 0.15) is 20.3 Å². The third-order valence-corrected chi connectivity index (χ3v) is 3.09. The molecule has 2 rings (SSSR count). The van der Waals surface area contributed by atoms with Gasteiger partial charge >= 0.3 is 0 Å². The highest BCUT2D eigenvalue weighted by Crippen LogP contribution is 2.19. The lowest BCUT2D eigenvalue weighted by Gasteiger charge is -2.14. The Bertz CT molecular complexity index is 508. The molecule has 0 saturated carbocycles. The Balaban J connectivity index is 2.08. The Kier molecular flexibility index (Phi) is 4.37. The van der Waals surface area contributed by atoms with E-state index in [1.54, 1.807) is 6.33 Å². The van der Waals surface area contributed by atoms with Gasteiger partial charge in [0.1, 0.15) is 12.1 Å². The number of para-hydroxylation sites is 1. The lowest BCUT2D eigenvalue weighted by atomic mass is 10.1. The third kappa shape index (κ3) is 3.33. The van der Waals surface area contributed by atoms with Crippen LogP contribution in [0, 0.1) is 5.92 Å². The molecule has 0 aliphatic carbocycles. The molecule has 1 heterocycles. The minimum absolute atomic E-state index is 0.124. The van der Waals surface area contributed by atoms with Crippen LogP contribution in [0.5, 0.6) is 0 Å². The van der Waals surface area contributed by atoms with Crippen molar-refractivity contribution in [3.63, 3.8) is 0 Å². The molecule has 1 aromatic carbocycles. The van der Waals surface area contributed by atoms with Crippen LogP contribution in [0.2, 0.25) is 0 Å². The van der Waals surface area contributed by atoms with Crippen molar-refractivity contribution < 1.29 is 0 Å². The normalized spacial score (nSPS) is 12.9. The minimum Gasteiger partial charge on any atom is -0.368 e. The van der Waals surface area contributed by atoms with E-state index in [0.717, 1.165) is 29.7 Å². The quantitative estimate of drug-likeness (QED) is 0.836. The van der Waals surface area contributed by atoms with Gasteiger partial charge in [0, 0.05) is 11.9 Å². The second-order valence-corrected chi connectivity index (χ2v) is 5.46. The van der Waals surface area contributed by atoms with Crippen LogP contribution in [-0.2, 0) is 0 Å². The third-order valence-electron chi connectivity index (χ3n) is 2.76. The molecule has 1 unspecified atom stereocenters. The molecule has 0 saturated heterocycles. The van der Waals surface area contributed by atoms with Gasteiger partial charge < -0.3 is 5.32 Å². The Morgan fingerprint density at radius 2 is 2.00 bits per heavy atom. The van der Waals surface area contributed by atoms with Gasteiger partial charge in [-0.25, -0.2) is 9.97 Å². The molecule has 0 aliphatic heterocycles. The molecule has 4 heteroatoms. The van der Waals surface area contributed by atoms with E-state index in [4.69, 9.17) is 11.6 Å².